The Morgan fingerprint density at radius 3 is 2.86 bits per heavy atom. The summed E-state index contributed by atoms with van der Waals surface area (Å²) in [6.45, 7) is 5.31. The van der Waals surface area contributed by atoms with Crippen LogP contribution in [0.2, 0.25) is 0 Å². The van der Waals surface area contributed by atoms with E-state index in [0.29, 0.717) is 0 Å². The maximum Gasteiger partial charge on any atom is 0.276 e. The molecule has 5 heteroatoms. The van der Waals surface area contributed by atoms with Crippen LogP contribution in [0.15, 0.2) is 23.6 Å². The first kappa shape index (κ1) is 10.3. The second-order valence-corrected chi connectivity index (χ2v) is 3.09. The van der Waals surface area contributed by atoms with Gasteiger partial charge in [0.2, 0.25) is 0 Å². The minimum atomic E-state index is -0.390. The monoisotopic (exact) mass is 195 g/mol. The Balaban J connectivity index is 2.84. The summed E-state index contributed by atoms with van der Waals surface area (Å²) < 4.78 is 1.44. The van der Waals surface area contributed by atoms with Crippen LogP contribution in [0.25, 0.3) is 0 Å². The molecular weight excluding hydrogens is 182 g/mol. The molecule has 0 aliphatic carbocycles. The van der Waals surface area contributed by atoms with Gasteiger partial charge in [0.25, 0.3) is 11.5 Å². The van der Waals surface area contributed by atoms with Crippen LogP contribution in [0.5, 0.6) is 0 Å². The summed E-state index contributed by atoms with van der Waals surface area (Å²) in [6.07, 6.45) is 3.04. The van der Waals surface area contributed by atoms with E-state index in [1.165, 1.54) is 10.9 Å². The second-order valence-electron chi connectivity index (χ2n) is 3.09. The number of H-pyrrole nitrogens is 1. The van der Waals surface area contributed by atoms with Crippen LogP contribution in [-0.4, -0.2) is 21.7 Å². The van der Waals surface area contributed by atoms with Gasteiger partial charge in [0.05, 0.1) is 0 Å². The third kappa shape index (κ3) is 2.12. The van der Waals surface area contributed by atoms with Crippen molar-refractivity contribution in [2.75, 3.05) is 0 Å². The fraction of sp³-hybridized carbons (Fsp3) is 0.333. The summed E-state index contributed by atoms with van der Waals surface area (Å²) in [5, 5.41) is 5.06. The molecule has 0 aliphatic rings. The van der Waals surface area contributed by atoms with Gasteiger partial charge in [-0.2, -0.15) is 0 Å². The van der Waals surface area contributed by atoms with Gasteiger partial charge in [-0.25, -0.2) is 0 Å². The fourth-order valence-electron chi connectivity index (χ4n) is 1.01. The Labute approximate surface area is 81.4 Å². The molecule has 1 amide bonds. The van der Waals surface area contributed by atoms with Crippen molar-refractivity contribution in [2.45, 2.75) is 13.0 Å². The molecule has 76 valence electrons. The van der Waals surface area contributed by atoms with Crippen molar-refractivity contribution in [3.05, 3.63) is 34.8 Å². The maximum atomic E-state index is 11.5. The van der Waals surface area contributed by atoms with Gasteiger partial charge in [0.15, 0.2) is 0 Å². The predicted molar refractivity (Wildman–Crippen MR) is 53.2 cm³/mol. The molecule has 5 nitrogen and oxygen atoms in total. The number of rotatable bonds is 3. The maximum absolute atomic E-state index is 11.5. The molecule has 0 spiro atoms. The van der Waals surface area contributed by atoms with Crippen molar-refractivity contribution in [3.63, 3.8) is 0 Å². The zero-order valence-corrected chi connectivity index (χ0v) is 8.20. The first-order valence-corrected chi connectivity index (χ1v) is 4.23. The van der Waals surface area contributed by atoms with Crippen molar-refractivity contribution in [2.24, 2.45) is 7.05 Å². The van der Waals surface area contributed by atoms with Crippen molar-refractivity contribution < 1.29 is 4.79 Å². The Hall–Kier alpha value is -1.78. The molecule has 0 saturated carbocycles. The molecule has 0 saturated heterocycles. The van der Waals surface area contributed by atoms with Gasteiger partial charge in [-0.15, -0.1) is 6.58 Å². The van der Waals surface area contributed by atoms with E-state index in [-0.39, 0.29) is 23.1 Å². The van der Waals surface area contributed by atoms with Crippen molar-refractivity contribution in [1.82, 2.24) is 15.1 Å². The van der Waals surface area contributed by atoms with Crippen LogP contribution in [0, 0.1) is 0 Å². The highest BCUT2D eigenvalue weighted by Gasteiger charge is 2.13. The molecule has 0 aromatic carbocycles. The number of carbonyl (C=O) groups is 1. The van der Waals surface area contributed by atoms with Gasteiger partial charge in [0.1, 0.15) is 5.56 Å². The van der Waals surface area contributed by atoms with E-state index in [1.54, 1.807) is 20.0 Å². The summed E-state index contributed by atoms with van der Waals surface area (Å²) in [5.74, 6) is -0.390. The molecule has 1 aromatic heterocycles. The third-order valence-electron chi connectivity index (χ3n) is 1.80. The highest BCUT2D eigenvalue weighted by molar-refractivity contribution is 5.93. The molecule has 0 radical (unpaired) electrons. The number of nitrogens with one attached hydrogen (secondary N) is 2. The van der Waals surface area contributed by atoms with Crippen LogP contribution in [0.3, 0.4) is 0 Å². The fourth-order valence-corrected chi connectivity index (χ4v) is 1.01. The minimum absolute atomic E-state index is 0.112. The molecule has 0 aliphatic heterocycles. The molecule has 1 heterocycles. The minimum Gasteiger partial charge on any atom is -0.346 e. The van der Waals surface area contributed by atoms with Crippen LogP contribution >= 0.6 is 0 Å². The van der Waals surface area contributed by atoms with Gasteiger partial charge in [-0.05, 0) is 6.92 Å². The largest absolute Gasteiger partial charge is 0.346 e. The quantitative estimate of drug-likeness (QED) is 0.667. The van der Waals surface area contributed by atoms with Gasteiger partial charge < -0.3 is 5.32 Å². The zero-order chi connectivity index (χ0) is 10.7. The molecule has 1 aromatic rings. The van der Waals surface area contributed by atoms with Gasteiger partial charge in [0, 0.05) is 19.3 Å². The standard InChI is InChI=1S/C9H13N3O2/c1-4-6(2)10-8(13)7-5-12(3)11-9(7)14/h4-6H,1H2,2-3H3,(H,10,13)(H,11,14). The number of aromatic nitrogens is 2. The van der Waals surface area contributed by atoms with Crippen molar-refractivity contribution in [1.29, 1.82) is 0 Å². The predicted octanol–water partition coefficient (Wildman–Crippen LogP) is 0.0177. The molecule has 2 N–H and O–H groups in total. The number of carbonyl (C=O) groups excluding carboxylic acids is 1. The molecule has 1 atom stereocenters. The lowest BCUT2D eigenvalue weighted by Gasteiger charge is -2.06. The second kappa shape index (κ2) is 3.95. The van der Waals surface area contributed by atoms with Crippen LogP contribution in [0.4, 0.5) is 0 Å². The SMILES string of the molecule is C=CC(C)NC(=O)c1cn(C)[nH]c1=O. The summed E-state index contributed by atoms with van der Waals surface area (Å²) in [4.78, 5) is 22.6. The first-order chi connectivity index (χ1) is 6.54. The summed E-state index contributed by atoms with van der Waals surface area (Å²) in [7, 11) is 1.65. The molecular formula is C9H13N3O2. The van der Waals surface area contributed by atoms with E-state index in [4.69, 9.17) is 0 Å². The lowest BCUT2D eigenvalue weighted by molar-refractivity contribution is 0.0946. The average molecular weight is 195 g/mol. The molecule has 0 bridgehead atoms. The van der Waals surface area contributed by atoms with Gasteiger partial charge >= 0.3 is 0 Å². The number of amides is 1. The van der Waals surface area contributed by atoms with E-state index in [2.05, 4.69) is 17.0 Å². The van der Waals surface area contributed by atoms with Crippen LogP contribution in [0.1, 0.15) is 17.3 Å². The average Bonchev–Trinajstić information content (AvgIpc) is 2.45. The summed E-state index contributed by atoms with van der Waals surface area (Å²) in [5.41, 5.74) is -0.275. The Morgan fingerprint density at radius 1 is 1.79 bits per heavy atom. The highest BCUT2D eigenvalue weighted by atomic mass is 16.2. The normalized spacial score (nSPS) is 12.1. The number of nitrogens with zero attached hydrogens (tertiary/aromatic N) is 1. The van der Waals surface area contributed by atoms with E-state index in [9.17, 15) is 9.59 Å². The van der Waals surface area contributed by atoms with Crippen LogP contribution < -0.4 is 10.9 Å². The molecule has 1 unspecified atom stereocenters. The van der Waals surface area contributed by atoms with E-state index < -0.39 is 0 Å². The number of aromatic amines is 1. The summed E-state index contributed by atoms with van der Waals surface area (Å²) in [6, 6.07) is -0.151. The van der Waals surface area contributed by atoms with Crippen LogP contribution in [-0.2, 0) is 7.05 Å². The molecule has 0 fully saturated rings. The van der Waals surface area contributed by atoms with Gasteiger partial charge in [-0.3, -0.25) is 19.4 Å². The Bertz CT molecular complexity index is 402. The third-order valence-corrected chi connectivity index (χ3v) is 1.80. The van der Waals surface area contributed by atoms with Crippen molar-refractivity contribution in [3.8, 4) is 0 Å². The van der Waals surface area contributed by atoms with E-state index >= 15 is 0 Å². The molecule has 1 rings (SSSR count). The summed E-state index contributed by atoms with van der Waals surface area (Å²) >= 11 is 0. The lowest BCUT2D eigenvalue weighted by atomic mass is 10.3. The lowest BCUT2D eigenvalue weighted by Crippen LogP contribution is -2.33. The molecule has 14 heavy (non-hydrogen) atoms. The van der Waals surface area contributed by atoms with Crippen molar-refractivity contribution >= 4 is 5.91 Å². The first-order valence-electron chi connectivity index (χ1n) is 4.23. The highest BCUT2D eigenvalue weighted by Crippen LogP contribution is 1.91. The number of hydrogen-bond donors (Lipinski definition) is 2. The Kier molecular flexibility index (Phi) is 2.91. The van der Waals surface area contributed by atoms with E-state index in [1.807, 2.05) is 0 Å². The number of hydrogen-bond acceptors (Lipinski definition) is 2. The topological polar surface area (TPSA) is 66.9 Å². The smallest absolute Gasteiger partial charge is 0.276 e. The number of aryl methyl sites for hydroxylation is 1. The van der Waals surface area contributed by atoms with Gasteiger partial charge in [-0.1, -0.05) is 6.08 Å². The van der Waals surface area contributed by atoms with E-state index in [0.717, 1.165) is 0 Å². The zero-order valence-electron chi connectivity index (χ0n) is 8.20. The Morgan fingerprint density at radius 2 is 2.43 bits per heavy atom.